The number of benzene rings is 1. The molecule has 0 atom stereocenters. The molecule has 13 heavy (non-hydrogen) atoms. The third-order valence-corrected chi connectivity index (χ3v) is 3.19. The molecule has 0 aliphatic rings. The summed E-state index contributed by atoms with van der Waals surface area (Å²) in [7, 11) is 2.64. The normalized spacial score (nSPS) is 11.3. The molecule has 0 spiro atoms. The molecule has 0 saturated heterocycles. The fourth-order valence-electron chi connectivity index (χ4n) is 0.886. The molecule has 0 amide bonds. The predicted molar refractivity (Wildman–Crippen MR) is 51.0 cm³/mol. The van der Waals surface area contributed by atoms with Gasteiger partial charge in [-0.15, -0.1) is 0 Å². The fourth-order valence-corrected chi connectivity index (χ4v) is 2.65. The molecule has 0 aliphatic carbocycles. The molecule has 0 aliphatic heterocycles. The number of ether oxygens (including phenoxy) is 1. The monoisotopic (exact) mass is 240 g/mol. The van der Waals surface area contributed by atoms with Crippen molar-refractivity contribution in [3.63, 3.8) is 0 Å². The summed E-state index contributed by atoms with van der Waals surface area (Å²) in [4.78, 5) is -0.194. The Bertz CT molecular complexity index is 414. The van der Waals surface area contributed by atoms with Gasteiger partial charge in [-0.3, -0.25) is 0 Å². The molecule has 0 unspecified atom stereocenters. The van der Waals surface area contributed by atoms with Crippen molar-refractivity contribution in [2.75, 3.05) is 7.11 Å². The van der Waals surface area contributed by atoms with E-state index in [0.29, 0.717) is 0 Å². The maximum atomic E-state index is 11.0. The van der Waals surface area contributed by atoms with E-state index in [4.69, 9.17) is 27.0 Å². The first-order valence-electron chi connectivity index (χ1n) is 3.24. The van der Waals surface area contributed by atoms with E-state index >= 15 is 0 Å². The zero-order valence-electron chi connectivity index (χ0n) is 6.62. The third kappa shape index (κ3) is 2.27. The Kier molecular flexibility index (Phi) is 3.05. The standard InChI is InChI=1S/C7H6Cl2O3S/c1-12-6-4-2-3-5(8)7(6)13(9,10)11/h2-4H,1H3. The van der Waals surface area contributed by atoms with Crippen molar-refractivity contribution < 1.29 is 13.2 Å². The topological polar surface area (TPSA) is 43.4 Å². The van der Waals surface area contributed by atoms with Gasteiger partial charge in [0.25, 0.3) is 9.05 Å². The lowest BCUT2D eigenvalue weighted by atomic mass is 10.3. The van der Waals surface area contributed by atoms with Crippen molar-refractivity contribution in [1.29, 1.82) is 0 Å². The highest BCUT2D eigenvalue weighted by Crippen LogP contribution is 2.33. The van der Waals surface area contributed by atoms with E-state index in [0.717, 1.165) is 0 Å². The minimum atomic E-state index is -3.86. The van der Waals surface area contributed by atoms with Gasteiger partial charge in [0.2, 0.25) is 0 Å². The number of hydrogen-bond acceptors (Lipinski definition) is 3. The Hall–Kier alpha value is -0.450. The summed E-state index contributed by atoms with van der Waals surface area (Å²) >= 11 is 5.65. The van der Waals surface area contributed by atoms with E-state index < -0.39 is 9.05 Å². The molecule has 0 aromatic heterocycles. The van der Waals surface area contributed by atoms with Gasteiger partial charge in [0.15, 0.2) is 0 Å². The fraction of sp³-hybridized carbons (Fsp3) is 0.143. The molecule has 0 saturated carbocycles. The van der Waals surface area contributed by atoms with Gasteiger partial charge in [0.1, 0.15) is 10.6 Å². The van der Waals surface area contributed by atoms with E-state index in [1.807, 2.05) is 0 Å². The van der Waals surface area contributed by atoms with Crippen molar-refractivity contribution in [3.8, 4) is 5.75 Å². The number of halogens is 2. The Morgan fingerprint density at radius 2 is 2.00 bits per heavy atom. The highest BCUT2D eigenvalue weighted by Gasteiger charge is 2.19. The quantitative estimate of drug-likeness (QED) is 0.746. The minimum Gasteiger partial charge on any atom is -0.495 e. The average molecular weight is 241 g/mol. The van der Waals surface area contributed by atoms with Gasteiger partial charge in [-0.2, -0.15) is 0 Å². The second kappa shape index (κ2) is 3.74. The molecule has 0 N–H and O–H groups in total. The predicted octanol–water partition coefficient (Wildman–Crippen LogP) is 2.28. The van der Waals surface area contributed by atoms with E-state index in [-0.39, 0.29) is 15.7 Å². The van der Waals surface area contributed by atoms with Crippen LogP contribution in [0.3, 0.4) is 0 Å². The van der Waals surface area contributed by atoms with Gasteiger partial charge >= 0.3 is 0 Å². The van der Waals surface area contributed by atoms with Crippen molar-refractivity contribution >= 4 is 31.3 Å². The second-order valence-corrected chi connectivity index (χ2v) is 5.12. The molecular formula is C7H6Cl2O3S. The van der Waals surface area contributed by atoms with Gasteiger partial charge in [0, 0.05) is 10.7 Å². The molecule has 72 valence electrons. The van der Waals surface area contributed by atoms with Gasteiger partial charge in [-0.25, -0.2) is 8.42 Å². The molecule has 1 aromatic carbocycles. The average Bonchev–Trinajstić information content (AvgIpc) is 2.01. The smallest absolute Gasteiger partial charge is 0.266 e. The maximum absolute atomic E-state index is 11.0. The summed E-state index contributed by atoms with van der Waals surface area (Å²) in [5.74, 6) is 0.141. The Balaban J connectivity index is 3.50. The summed E-state index contributed by atoms with van der Waals surface area (Å²) in [6.07, 6.45) is 0. The van der Waals surface area contributed by atoms with Crippen LogP contribution in [0.5, 0.6) is 5.75 Å². The summed E-state index contributed by atoms with van der Waals surface area (Å²) in [5, 5.41) is 0.0503. The van der Waals surface area contributed by atoms with Crippen LogP contribution in [0.15, 0.2) is 23.1 Å². The van der Waals surface area contributed by atoms with E-state index in [1.54, 1.807) is 6.07 Å². The summed E-state index contributed by atoms with van der Waals surface area (Å²) in [5.41, 5.74) is 0. The van der Waals surface area contributed by atoms with Crippen molar-refractivity contribution in [1.82, 2.24) is 0 Å². The number of hydrogen-bond donors (Lipinski definition) is 0. The number of rotatable bonds is 2. The highest BCUT2D eigenvalue weighted by molar-refractivity contribution is 8.14. The Morgan fingerprint density at radius 1 is 1.38 bits per heavy atom. The van der Waals surface area contributed by atoms with Crippen LogP contribution in [-0.4, -0.2) is 15.5 Å². The Labute approximate surface area is 85.6 Å². The van der Waals surface area contributed by atoms with Crippen LogP contribution >= 0.6 is 22.3 Å². The van der Waals surface area contributed by atoms with Crippen LogP contribution in [0.4, 0.5) is 0 Å². The molecule has 0 radical (unpaired) electrons. The van der Waals surface area contributed by atoms with Crippen LogP contribution in [0.25, 0.3) is 0 Å². The maximum Gasteiger partial charge on any atom is 0.266 e. The lowest BCUT2D eigenvalue weighted by Gasteiger charge is -2.05. The molecule has 6 heteroatoms. The third-order valence-electron chi connectivity index (χ3n) is 1.39. The molecule has 0 bridgehead atoms. The van der Waals surface area contributed by atoms with Gasteiger partial charge in [-0.05, 0) is 12.1 Å². The first-order valence-corrected chi connectivity index (χ1v) is 5.92. The Morgan fingerprint density at radius 3 is 2.38 bits per heavy atom. The molecular weight excluding hydrogens is 235 g/mol. The lowest BCUT2D eigenvalue weighted by molar-refractivity contribution is 0.403. The van der Waals surface area contributed by atoms with Crippen LogP contribution in [-0.2, 0) is 9.05 Å². The zero-order chi connectivity index (χ0) is 10.1. The van der Waals surface area contributed by atoms with Crippen molar-refractivity contribution in [2.24, 2.45) is 0 Å². The SMILES string of the molecule is COc1cccc(Cl)c1S(=O)(=O)Cl. The molecule has 3 nitrogen and oxygen atoms in total. The molecule has 0 fully saturated rings. The second-order valence-electron chi connectivity index (χ2n) is 2.21. The van der Waals surface area contributed by atoms with Crippen LogP contribution in [0.1, 0.15) is 0 Å². The molecule has 1 aromatic rings. The largest absolute Gasteiger partial charge is 0.495 e. The minimum absolute atomic E-state index is 0.0503. The van der Waals surface area contributed by atoms with Crippen molar-refractivity contribution in [3.05, 3.63) is 23.2 Å². The summed E-state index contributed by atoms with van der Waals surface area (Å²) < 4.78 is 26.9. The van der Waals surface area contributed by atoms with Crippen LogP contribution < -0.4 is 4.74 Å². The zero-order valence-corrected chi connectivity index (χ0v) is 8.95. The summed E-state index contributed by atoms with van der Waals surface area (Å²) in [6, 6.07) is 4.48. The van der Waals surface area contributed by atoms with E-state index in [9.17, 15) is 8.42 Å². The van der Waals surface area contributed by atoms with Crippen LogP contribution in [0, 0.1) is 0 Å². The first kappa shape index (κ1) is 10.6. The number of methoxy groups -OCH3 is 1. The highest BCUT2D eigenvalue weighted by atomic mass is 35.7. The molecule has 0 heterocycles. The van der Waals surface area contributed by atoms with E-state index in [2.05, 4.69) is 0 Å². The van der Waals surface area contributed by atoms with E-state index in [1.165, 1.54) is 19.2 Å². The molecule has 1 rings (SSSR count). The first-order chi connectivity index (χ1) is 5.96. The summed E-state index contributed by atoms with van der Waals surface area (Å²) in [6.45, 7) is 0. The van der Waals surface area contributed by atoms with Crippen LogP contribution in [0.2, 0.25) is 5.02 Å². The lowest BCUT2D eigenvalue weighted by Crippen LogP contribution is -1.96. The van der Waals surface area contributed by atoms with Gasteiger partial charge in [-0.1, -0.05) is 17.7 Å². The van der Waals surface area contributed by atoms with Gasteiger partial charge in [0.05, 0.1) is 12.1 Å². The van der Waals surface area contributed by atoms with Gasteiger partial charge < -0.3 is 4.74 Å². The van der Waals surface area contributed by atoms with Crippen molar-refractivity contribution in [2.45, 2.75) is 4.90 Å².